The molecule has 3 N–H and O–H groups in total. The van der Waals surface area contributed by atoms with E-state index in [1.54, 1.807) is 45.2 Å². The summed E-state index contributed by atoms with van der Waals surface area (Å²) in [6.45, 7) is 5.30. The van der Waals surface area contributed by atoms with Crippen molar-refractivity contribution >= 4 is 21.5 Å². The van der Waals surface area contributed by atoms with Gasteiger partial charge in [-0.15, -0.1) is 0 Å². The maximum absolute atomic E-state index is 12.3. The molecule has 0 atom stereocenters. The average molecular weight is 268 g/mol. The first-order chi connectivity index (χ1) is 8.21. The molecule has 98 valence electrons. The molecule has 0 bridgehead atoms. The fourth-order valence-electron chi connectivity index (χ4n) is 1.71. The number of hydrogen-bond acceptors (Lipinski definition) is 4. The molecule has 0 aromatic carbocycles. The quantitative estimate of drug-likeness (QED) is 0.850. The molecular formula is C11H16N4O2S. The van der Waals surface area contributed by atoms with Crippen LogP contribution in [-0.4, -0.2) is 23.3 Å². The molecule has 2 aromatic rings. The van der Waals surface area contributed by atoms with Crippen LogP contribution in [0.25, 0.3) is 5.65 Å². The van der Waals surface area contributed by atoms with Crippen molar-refractivity contribution in [3.8, 4) is 0 Å². The molecule has 7 heteroatoms. The number of sulfonamides is 1. The van der Waals surface area contributed by atoms with E-state index in [2.05, 4.69) is 9.71 Å². The molecule has 2 aromatic heterocycles. The summed E-state index contributed by atoms with van der Waals surface area (Å²) in [7, 11) is -3.71. The summed E-state index contributed by atoms with van der Waals surface area (Å²) in [6.07, 6.45) is 1.62. The Morgan fingerprint density at radius 2 is 2.00 bits per heavy atom. The Hall–Kier alpha value is -1.60. The van der Waals surface area contributed by atoms with Crippen molar-refractivity contribution in [2.45, 2.75) is 31.3 Å². The van der Waals surface area contributed by atoms with Crippen LogP contribution in [0.15, 0.2) is 29.4 Å². The highest BCUT2D eigenvalue weighted by Crippen LogP contribution is 2.21. The summed E-state index contributed by atoms with van der Waals surface area (Å²) in [6, 6.07) is 5.20. The first-order valence-corrected chi connectivity index (χ1v) is 6.95. The van der Waals surface area contributed by atoms with Crippen LogP contribution in [-0.2, 0) is 10.0 Å². The van der Waals surface area contributed by atoms with Gasteiger partial charge in [0.15, 0.2) is 10.8 Å². The van der Waals surface area contributed by atoms with Gasteiger partial charge < -0.3 is 5.73 Å². The van der Waals surface area contributed by atoms with Gasteiger partial charge in [0.1, 0.15) is 5.65 Å². The van der Waals surface area contributed by atoms with Crippen molar-refractivity contribution in [1.82, 2.24) is 14.1 Å². The third-order valence-corrected chi connectivity index (χ3v) is 4.00. The minimum Gasteiger partial charge on any atom is -0.381 e. The minimum atomic E-state index is -3.71. The fraction of sp³-hybridized carbons (Fsp3) is 0.364. The van der Waals surface area contributed by atoms with Crippen LogP contribution < -0.4 is 10.5 Å². The zero-order chi connectivity index (χ0) is 13.6. The third kappa shape index (κ3) is 2.32. The predicted molar refractivity (Wildman–Crippen MR) is 69.7 cm³/mol. The number of nitrogens with two attached hydrogens (primary N) is 1. The van der Waals surface area contributed by atoms with Gasteiger partial charge in [0.2, 0.25) is 0 Å². The molecule has 2 heterocycles. The average Bonchev–Trinajstić information content (AvgIpc) is 2.49. The van der Waals surface area contributed by atoms with Gasteiger partial charge >= 0.3 is 0 Å². The van der Waals surface area contributed by atoms with Gasteiger partial charge in [-0.05, 0) is 32.9 Å². The van der Waals surface area contributed by atoms with E-state index in [1.165, 1.54) is 4.40 Å². The van der Waals surface area contributed by atoms with Gasteiger partial charge in [0.05, 0.1) is 0 Å². The van der Waals surface area contributed by atoms with Gasteiger partial charge in [-0.1, -0.05) is 6.07 Å². The molecule has 0 spiro atoms. The molecule has 0 fully saturated rings. The Labute approximate surface area is 106 Å². The van der Waals surface area contributed by atoms with Crippen LogP contribution in [0.5, 0.6) is 0 Å². The van der Waals surface area contributed by atoms with Crippen LogP contribution in [0.1, 0.15) is 20.8 Å². The number of nitrogen functional groups attached to an aromatic ring is 1. The number of nitrogens with zero attached hydrogens (tertiary/aromatic N) is 2. The van der Waals surface area contributed by atoms with E-state index >= 15 is 0 Å². The fourth-order valence-corrected chi connectivity index (χ4v) is 3.35. The van der Waals surface area contributed by atoms with Gasteiger partial charge in [-0.2, -0.15) is 0 Å². The van der Waals surface area contributed by atoms with E-state index in [1.807, 2.05) is 0 Å². The zero-order valence-corrected chi connectivity index (χ0v) is 11.3. The largest absolute Gasteiger partial charge is 0.381 e. The zero-order valence-electron chi connectivity index (χ0n) is 10.5. The van der Waals surface area contributed by atoms with E-state index < -0.39 is 15.6 Å². The Kier molecular flexibility index (Phi) is 2.83. The summed E-state index contributed by atoms with van der Waals surface area (Å²) in [5.74, 6) is -0.00190. The van der Waals surface area contributed by atoms with E-state index in [-0.39, 0.29) is 10.8 Å². The highest BCUT2D eigenvalue weighted by atomic mass is 32.2. The van der Waals surface area contributed by atoms with E-state index in [9.17, 15) is 8.42 Å². The molecule has 0 saturated heterocycles. The Morgan fingerprint density at radius 3 is 2.61 bits per heavy atom. The van der Waals surface area contributed by atoms with Crippen molar-refractivity contribution in [2.75, 3.05) is 5.73 Å². The van der Waals surface area contributed by atoms with Crippen LogP contribution in [0.4, 0.5) is 5.82 Å². The monoisotopic (exact) mass is 268 g/mol. The summed E-state index contributed by atoms with van der Waals surface area (Å²) >= 11 is 0. The number of hydrogen-bond donors (Lipinski definition) is 2. The number of pyridine rings is 1. The molecule has 0 saturated carbocycles. The van der Waals surface area contributed by atoms with Gasteiger partial charge in [0.25, 0.3) is 10.0 Å². The lowest BCUT2D eigenvalue weighted by atomic mass is 10.1. The lowest BCUT2D eigenvalue weighted by Gasteiger charge is -2.20. The maximum Gasteiger partial charge on any atom is 0.260 e. The molecule has 18 heavy (non-hydrogen) atoms. The maximum atomic E-state index is 12.3. The van der Waals surface area contributed by atoms with Crippen molar-refractivity contribution in [1.29, 1.82) is 0 Å². The lowest BCUT2D eigenvalue weighted by molar-refractivity contribution is 0.489. The number of nitrogens with one attached hydrogen (secondary N) is 1. The molecule has 0 aliphatic heterocycles. The molecule has 0 aliphatic carbocycles. The Bertz CT molecular complexity index is 683. The van der Waals surface area contributed by atoms with Gasteiger partial charge in [-0.3, -0.25) is 4.40 Å². The number of aromatic nitrogens is 2. The second-order valence-electron chi connectivity index (χ2n) is 5.09. The highest BCUT2D eigenvalue weighted by molar-refractivity contribution is 7.89. The standard InChI is InChI=1S/C11H16N4O2S/c1-11(2,3)14-18(16,17)10-9(12)13-8-6-4-5-7-15(8)10/h4-7,14H,12H2,1-3H3. The molecule has 6 nitrogen and oxygen atoms in total. The number of fused-ring (bicyclic) bond motifs is 1. The molecule has 0 amide bonds. The highest BCUT2D eigenvalue weighted by Gasteiger charge is 2.28. The van der Waals surface area contributed by atoms with Crippen molar-refractivity contribution in [2.24, 2.45) is 0 Å². The Morgan fingerprint density at radius 1 is 1.33 bits per heavy atom. The summed E-state index contributed by atoms with van der Waals surface area (Å²) in [5.41, 5.74) is 5.63. The first kappa shape index (κ1) is 12.8. The van der Waals surface area contributed by atoms with E-state index in [0.29, 0.717) is 5.65 Å². The first-order valence-electron chi connectivity index (χ1n) is 5.47. The van der Waals surface area contributed by atoms with Crippen LogP contribution >= 0.6 is 0 Å². The topological polar surface area (TPSA) is 89.5 Å². The lowest BCUT2D eigenvalue weighted by Crippen LogP contribution is -2.41. The normalized spacial score (nSPS) is 13.1. The molecular weight excluding hydrogens is 252 g/mol. The van der Waals surface area contributed by atoms with Gasteiger partial charge in [-0.25, -0.2) is 18.1 Å². The van der Waals surface area contributed by atoms with Crippen molar-refractivity contribution in [3.05, 3.63) is 24.4 Å². The van der Waals surface area contributed by atoms with E-state index in [4.69, 9.17) is 5.73 Å². The van der Waals surface area contributed by atoms with Crippen molar-refractivity contribution in [3.63, 3.8) is 0 Å². The Balaban J connectivity index is 2.64. The third-order valence-electron chi connectivity index (χ3n) is 2.21. The van der Waals surface area contributed by atoms with Crippen LogP contribution in [0, 0.1) is 0 Å². The second-order valence-corrected chi connectivity index (χ2v) is 6.68. The molecule has 0 unspecified atom stereocenters. The number of imidazole rings is 1. The van der Waals surface area contributed by atoms with Gasteiger partial charge in [0, 0.05) is 11.7 Å². The molecule has 2 rings (SSSR count). The van der Waals surface area contributed by atoms with Crippen LogP contribution in [0.2, 0.25) is 0 Å². The smallest absolute Gasteiger partial charge is 0.260 e. The van der Waals surface area contributed by atoms with Crippen molar-refractivity contribution < 1.29 is 8.42 Å². The molecule has 0 radical (unpaired) electrons. The number of rotatable bonds is 2. The summed E-state index contributed by atoms with van der Waals surface area (Å²) in [4.78, 5) is 4.03. The van der Waals surface area contributed by atoms with E-state index in [0.717, 1.165) is 0 Å². The number of anilines is 1. The SMILES string of the molecule is CC(C)(C)NS(=O)(=O)c1c(N)nc2ccccn12. The summed E-state index contributed by atoms with van der Waals surface area (Å²) < 4.78 is 28.6. The molecule has 0 aliphatic rings. The van der Waals surface area contributed by atoms with Crippen LogP contribution in [0.3, 0.4) is 0 Å². The second kappa shape index (κ2) is 3.96. The summed E-state index contributed by atoms with van der Waals surface area (Å²) in [5, 5.41) is -0.0203. The minimum absolute atomic E-state index is 0.00190. The predicted octanol–water partition coefficient (Wildman–Crippen LogP) is 0.993.